The van der Waals surface area contributed by atoms with Gasteiger partial charge in [0.1, 0.15) is 6.61 Å². The van der Waals surface area contributed by atoms with Crippen molar-refractivity contribution in [2.75, 3.05) is 30.1 Å². The maximum atomic E-state index is 12.3. The van der Waals surface area contributed by atoms with Crippen molar-refractivity contribution < 1.29 is 14.3 Å². The summed E-state index contributed by atoms with van der Waals surface area (Å²) in [7, 11) is 1.46. The summed E-state index contributed by atoms with van der Waals surface area (Å²) in [5.74, 6) is -0.0827. The number of ether oxygens (including phenoxy) is 1. The molecule has 0 bridgehead atoms. The number of imidazole rings is 1. The smallest absolute Gasteiger partial charge is 0.250 e. The summed E-state index contributed by atoms with van der Waals surface area (Å²) < 4.78 is 6.87. The molecule has 1 heterocycles. The molecule has 0 saturated heterocycles. The molecular weight excluding hydrogens is 376 g/mol. The van der Waals surface area contributed by atoms with Gasteiger partial charge in [0.15, 0.2) is 5.16 Å². The number of nitrogens with zero attached hydrogens (tertiary/aromatic N) is 2. The Morgan fingerprint density at radius 1 is 1.04 bits per heavy atom. The Morgan fingerprint density at radius 3 is 2.32 bits per heavy atom. The highest BCUT2D eigenvalue weighted by atomic mass is 32.2. The highest BCUT2D eigenvalue weighted by Gasteiger charge is 2.12. The van der Waals surface area contributed by atoms with Gasteiger partial charge < -0.3 is 19.9 Å². The first-order chi connectivity index (χ1) is 13.6. The average molecular weight is 398 g/mol. The van der Waals surface area contributed by atoms with E-state index in [2.05, 4.69) is 27.1 Å². The number of fused-ring (bicyclic) bond motifs is 1. The number of carbonyl (C=O) groups is 2. The second kappa shape index (κ2) is 9.38. The number of anilines is 2. The molecule has 0 radical (unpaired) electrons. The van der Waals surface area contributed by atoms with Gasteiger partial charge in [0.25, 0.3) is 0 Å². The monoisotopic (exact) mass is 398 g/mol. The second-order valence-electron chi connectivity index (χ2n) is 6.02. The van der Waals surface area contributed by atoms with Crippen LogP contribution in [0.4, 0.5) is 11.4 Å². The molecule has 2 aromatic carbocycles. The third-order valence-corrected chi connectivity index (χ3v) is 4.97. The van der Waals surface area contributed by atoms with Crippen LogP contribution in [0.1, 0.15) is 6.92 Å². The molecule has 3 aromatic rings. The van der Waals surface area contributed by atoms with E-state index in [0.29, 0.717) is 11.4 Å². The second-order valence-corrected chi connectivity index (χ2v) is 6.97. The van der Waals surface area contributed by atoms with Crippen LogP contribution in [0.2, 0.25) is 0 Å². The zero-order chi connectivity index (χ0) is 19.9. The third-order valence-electron chi connectivity index (χ3n) is 4.00. The summed E-state index contributed by atoms with van der Waals surface area (Å²) in [6.45, 7) is 2.85. The Bertz CT molecular complexity index is 969. The van der Waals surface area contributed by atoms with Gasteiger partial charge in [-0.2, -0.15) is 0 Å². The molecule has 146 valence electrons. The number of rotatable bonds is 8. The number of hydrogen-bond donors (Lipinski definition) is 2. The largest absolute Gasteiger partial charge is 0.375 e. The summed E-state index contributed by atoms with van der Waals surface area (Å²) in [6, 6.07) is 14.9. The van der Waals surface area contributed by atoms with E-state index >= 15 is 0 Å². The number of carbonyl (C=O) groups excluding carboxylic acids is 2. The molecule has 0 aliphatic carbocycles. The minimum atomic E-state index is -0.227. The van der Waals surface area contributed by atoms with Crippen LogP contribution in [0.25, 0.3) is 11.0 Å². The van der Waals surface area contributed by atoms with Gasteiger partial charge in [0, 0.05) is 25.0 Å². The lowest BCUT2D eigenvalue weighted by molar-refractivity contribution is -0.119. The van der Waals surface area contributed by atoms with Crippen LogP contribution >= 0.6 is 11.8 Å². The van der Waals surface area contributed by atoms with E-state index < -0.39 is 0 Å². The van der Waals surface area contributed by atoms with Gasteiger partial charge in [0.05, 0.1) is 16.8 Å². The molecule has 0 unspecified atom stereocenters. The van der Waals surface area contributed by atoms with Crippen LogP contribution in [-0.4, -0.2) is 40.8 Å². The molecular formula is C20H22N4O3S. The molecule has 7 nitrogen and oxygen atoms in total. The van der Waals surface area contributed by atoms with E-state index in [0.717, 1.165) is 22.7 Å². The minimum absolute atomic E-state index is 0.00174. The normalized spacial score (nSPS) is 10.8. The topological polar surface area (TPSA) is 85.2 Å². The number of thioether (sulfide) groups is 1. The Labute approximate surface area is 167 Å². The summed E-state index contributed by atoms with van der Waals surface area (Å²) in [6.07, 6.45) is 0. The SMILES string of the molecule is CCn1c(SCC(=O)Nc2ccc(NC(=O)COC)cc2)nc2ccccc21. The van der Waals surface area contributed by atoms with Gasteiger partial charge >= 0.3 is 0 Å². The fourth-order valence-electron chi connectivity index (χ4n) is 2.76. The van der Waals surface area contributed by atoms with Crippen molar-refractivity contribution in [1.29, 1.82) is 0 Å². The van der Waals surface area contributed by atoms with Crippen molar-refractivity contribution in [2.45, 2.75) is 18.6 Å². The Morgan fingerprint density at radius 2 is 1.68 bits per heavy atom. The number of aromatic nitrogens is 2. The zero-order valence-electron chi connectivity index (χ0n) is 15.8. The van der Waals surface area contributed by atoms with E-state index in [-0.39, 0.29) is 24.2 Å². The van der Waals surface area contributed by atoms with E-state index in [1.165, 1.54) is 18.9 Å². The zero-order valence-corrected chi connectivity index (χ0v) is 16.6. The quantitative estimate of drug-likeness (QED) is 0.568. The van der Waals surface area contributed by atoms with Crippen LogP contribution in [0.3, 0.4) is 0 Å². The van der Waals surface area contributed by atoms with Crippen molar-refractivity contribution in [1.82, 2.24) is 9.55 Å². The van der Waals surface area contributed by atoms with Crippen molar-refractivity contribution in [2.24, 2.45) is 0 Å². The Balaban J connectivity index is 1.57. The fourth-order valence-corrected chi connectivity index (χ4v) is 3.64. The molecule has 2 amide bonds. The number of benzene rings is 2. The van der Waals surface area contributed by atoms with E-state index in [1.807, 2.05) is 24.3 Å². The fraction of sp³-hybridized carbons (Fsp3) is 0.250. The lowest BCUT2D eigenvalue weighted by Gasteiger charge is -2.08. The summed E-state index contributed by atoms with van der Waals surface area (Å²) in [4.78, 5) is 28.4. The maximum absolute atomic E-state index is 12.3. The van der Waals surface area contributed by atoms with E-state index in [9.17, 15) is 9.59 Å². The van der Waals surface area contributed by atoms with Crippen LogP contribution in [0.15, 0.2) is 53.7 Å². The molecule has 0 spiro atoms. The molecule has 1 aromatic heterocycles. The highest BCUT2D eigenvalue weighted by Crippen LogP contribution is 2.24. The maximum Gasteiger partial charge on any atom is 0.250 e. The lowest BCUT2D eigenvalue weighted by atomic mass is 10.2. The lowest BCUT2D eigenvalue weighted by Crippen LogP contribution is -2.17. The predicted molar refractivity (Wildman–Crippen MR) is 112 cm³/mol. The number of para-hydroxylation sites is 2. The first-order valence-electron chi connectivity index (χ1n) is 8.87. The first-order valence-corrected chi connectivity index (χ1v) is 9.86. The van der Waals surface area contributed by atoms with Crippen molar-refractivity contribution in [3.63, 3.8) is 0 Å². The number of hydrogen-bond acceptors (Lipinski definition) is 5. The van der Waals surface area contributed by atoms with Gasteiger partial charge in [-0.05, 0) is 43.3 Å². The van der Waals surface area contributed by atoms with Gasteiger partial charge in [-0.3, -0.25) is 9.59 Å². The summed E-state index contributed by atoms with van der Waals surface area (Å²) in [5, 5.41) is 6.39. The van der Waals surface area contributed by atoms with Gasteiger partial charge in [-0.25, -0.2) is 4.98 Å². The molecule has 0 saturated carbocycles. The van der Waals surface area contributed by atoms with Gasteiger partial charge in [0.2, 0.25) is 11.8 Å². The number of amides is 2. The van der Waals surface area contributed by atoms with Crippen LogP contribution in [0.5, 0.6) is 0 Å². The Kier molecular flexibility index (Phi) is 6.67. The minimum Gasteiger partial charge on any atom is -0.375 e. The number of methoxy groups -OCH3 is 1. The standard InChI is InChI=1S/C20H22N4O3S/c1-3-24-17-7-5-4-6-16(17)23-20(24)28-13-19(26)22-15-10-8-14(9-11-15)21-18(25)12-27-2/h4-11H,3,12-13H2,1-2H3,(H,21,25)(H,22,26). The molecule has 3 rings (SSSR count). The van der Waals surface area contributed by atoms with E-state index in [1.54, 1.807) is 24.3 Å². The molecule has 0 atom stereocenters. The van der Waals surface area contributed by atoms with Crippen molar-refractivity contribution >= 4 is 46.0 Å². The highest BCUT2D eigenvalue weighted by molar-refractivity contribution is 7.99. The number of aryl methyl sites for hydroxylation is 1. The molecule has 0 fully saturated rings. The van der Waals surface area contributed by atoms with Crippen molar-refractivity contribution in [3.05, 3.63) is 48.5 Å². The van der Waals surface area contributed by atoms with Crippen LogP contribution < -0.4 is 10.6 Å². The molecule has 0 aliphatic heterocycles. The predicted octanol–water partition coefficient (Wildman–Crippen LogP) is 3.37. The average Bonchev–Trinajstić information content (AvgIpc) is 3.05. The van der Waals surface area contributed by atoms with Crippen LogP contribution in [-0.2, 0) is 20.9 Å². The third kappa shape index (κ3) is 4.90. The van der Waals surface area contributed by atoms with Gasteiger partial charge in [-0.1, -0.05) is 23.9 Å². The van der Waals surface area contributed by atoms with Gasteiger partial charge in [-0.15, -0.1) is 0 Å². The van der Waals surface area contributed by atoms with Crippen LogP contribution in [0, 0.1) is 0 Å². The first kappa shape index (κ1) is 19.9. The molecule has 8 heteroatoms. The molecule has 0 aliphatic rings. The Hall–Kier alpha value is -2.84. The molecule has 2 N–H and O–H groups in total. The number of nitrogens with one attached hydrogen (secondary N) is 2. The van der Waals surface area contributed by atoms with Crippen molar-refractivity contribution in [3.8, 4) is 0 Å². The summed E-state index contributed by atoms with van der Waals surface area (Å²) >= 11 is 1.41. The summed E-state index contributed by atoms with van der Waals surface area (Å²) in [5.41, 5.74) is 3.31. The van der Waals surface area contributed by atoms with E-state index in [4.69, 9.17) is 4.74 Å². The molecule has 28 heavy (non-hydrogen) atoms.